The van der Waals surface area contributed by atoms with Crippen molar-refractivity contribution in [1.29, 1.82) is 0 Å². The molecular weight excluding hydrogens is 266 g/mol. The maximum atomic E-state index is 11.6. The van der Waals surface area contributed by atoms with Gasteiger partial charge < -0.3 is 9.67 Å². The van der Waals surface area contributed by atoms with Gasteiger partial charge in [0.05, 0.1) is 6.54 Å². The molecule has 5 heteroatoms. The molecule has 0 aliphatic carbocycles. The van der Waals surface area contributed by atoms with Crippen LogP contribution in [0.25, 0.3) is 0 Å². The molecule has 3 rings (SSSR count). The van der Waals surface area contributed by atoms with Gasteiger partial charge in [0.25, 0.3) is 0 Å². The minimum Gasteiger partial charge on any atom is -0.480 e. The lowest BCUT2D eigenvalue weighted by Gasteiger charge is -2.34. The number of aliphatic carboxylic acids is 1. The normalized spacial score (nSPS) is 18.4. The van der Waals surface area contributed by atoms with Crippen molar-refractivity contribution in [2.75, 3.05) is 0 Å². The van der Waals surface area contributed by atoms with Crippen LogP contribution in [0.5, 0.6) is 0 Å². The molecule has 1 aromatic heterocycles. The predicted octanol–water partition coefficient (Wildman–Crippen LogP) is 1.91. The molecule has 1 aromatic carbocycles. The summed E-state index contributed by atoms with van der Waals surface area (Å²) in [5, 5.41) is 9.52. The Hall–Kier alpha value is -2.14. The second kappa shape index (κ2) is 5.69. The van der Waals surface area contributed by atoms with Crippen LogP contribution in [0, 0.1) is 0 Å². The third-order valence-corrected chi connectivity index (χ3v) is 4.12. The summed E-state index contributed by atoms with van der Waals surface area (Å²) in [4.78, 5) is 17.9. The van der Waals surface area contributed by atoms with E-state index < -0.39 is 12.0 Å². The number of carboxylic acid groups (broad SMARTS) is 1. The average molecular weight is 285 g/mol. The molecule has 2 aromatic rings. The van der Waals surface area contributed by atoms with Gasteiger partial charge in [-0.05, 0) is 24.5 Å². The molecule has 0 saturated heterocycles. The molecule has 21 heavy (non-hydrogen) atoms. The highest BCUT2D eigenvalue weighted by molar-refractivity contribution is 5.74. The number of carbonyl (C=O) groups is 1. The Morgan fingerprint density at radius 3 is 2.86 bits per heavy atom. The van der Waals surface area contributed by atoms with E-state index in [2.05, 4.69) is 22.5 Å². The summed E-state index contributed by atoms with van der Waals surface area (Å²) in [5.41, 5.74) is 2.35. The highest BCUT2D eigenvalue weighted by Gasteiger charge is 2.31. The van der Waals surface area contributed by atoms with Gasteiger partial charge in [0.1, 0.15) is 11.9 Å². The Bertz CT molecular complexity index is 650. The van der Waals surface area contributed by atoms with E-state index in [-0.39, 0.29) is 0 Å². The molecule has 1 aliphatic rings. The molecule has 0 fully saturated rings. The maximum Gasteiger partial charge on any atom is 0.321 e. The summed E-state index contributed by atoms with van der Waals surface area (Å²) >= 11 is 0. The van der Waals surface area contributed by atoms with Crippen LogP contribution in [0.2, 0.25) is 0 Å². The van der Waals surface area contributed by atoms with Gasteiger partial charge >= 0.3 is 5.97 Å². The Morgan fingerprint density at radius 1 is 1.38 bits per heavy atom. The zero-order valence-corrected chi connectivity index (χ0v) is 12.1. The zero-order chi connectivity index (χ0) is 14.8. The summed E-state index contributed by atoms with van der Waals surface area (Å²) in [7, 11) is 0. The van der Waals surface area contributed by atoms with Crippen LogP contribution >= 0.6 is 0 Å². The third kappa shape index (κ3) is 2.69. The van der Waals surface area contributed by atoms with Crippen LogP contribution < -0.4 is 0 Å². The number of hydrogen-bond donors (Lipinski definition) is 1. The SMILES string of the molecule is CCn1ccnc1CN1Cc2ccccc2C[C@H]1C(=O)O. The van der Waals surface area contributed by atoms with Crippen molar-refractivity contribution in [2.45, 2.75) is 39.0 Å². The molecule has 1 atom stereocenters. The standard InChI is InChI=1S/C16H19N3O2/c1-2-18-8-7-17-15(18)11-19-10-13-6-4-3-5-12(13)9-14(19)16(20)21/h3-8,14H,2,9-11H2,1H3,(H,20,21)/t14-/m0/s1. The quantitative estimate of drug-likeness (QED) is 0.932. The monoisotopic (exact) mass is 285 g/mol. The van der Waals surface area contributed by atoms with Crippen LogP contribution in [-0.4, -0.2) is 31.6 Å². The van der Waals surface area contributed by atoms with Crippen LogP contribution in [-0.2, 0) is 30.8 Å². The molecule has 110 valence electrons. The van der Waals surface area contributed by atoms with Crippen molar-refractivity contribution >= 4 is 5.97 Å². The van der Waals surface area contributed by atoms with E-state index in [1.165, 1.54) is 5.56 Å². The number of fused-ring (bicyclic) bond motifs is 1. The first-order valence-electron chi connectivity index (χ1n) is 7.22. The lowest BCUT2D eigenvalue weighted by Crippen LogP contribution is -2.45. The summed E-state index contributed by atoms with van der Waals surface area (Å²) < 4.78 is 2.05. The molecule has 1 N–H and O–H groups in total. The van der Waals surface area contributed by atoms with Gasteiger partial charge in [-0.25, -0.2) is 4.98 Å². The second-order valence-corrected chi connectivity index (χ2v) is 5.36. The van der Waals surface area contributed by atoms with Crippen molar-refractivity contribution in [1.82, 2.24) is 14.5 Å². The lowest BCUT2D eigenvalue weighted by molar-refractivity contribution is -0.144. The molecule has 0 unspecified atom stereocenters. The highest BCUT2D eigenvalue weighted by atomic mass is 16.4. The van der Waals surface area contributed by atoms with Crippen LogP contribution in [0.15, 0.2) is 36.7 Å². The highest BCUT2D eigenvalue weighted by Crippen LogP contribution is 2.24. The van der Waals surface area contributed by atoms with Crippen molar-refractivity contribution < 1.29 is 9.90 Å². The minimum atomic E-state index is -0.765. The summed E-state index contributed by atoms with van der Waals surface area (Å²) in [6, 6.07) is 7.59. The number of aryl methyl sites for hydroxylation is 1. The topological polar surface area (TPSA) is 58.4 Å². The van der Waals surface area contributed by atoms with Gasteiger partial charge in [0.2, 0.25) is 0 Å². The van der Waals surface area contributed by atoms with Gasteiger partial charge in [-0.1, -0.05) is 24.3 Å². The Labute approximate surface area is 123 Å². The molecule has 5 nitrogen and oxygen atoms in total. The first-order valence-corrected chi connectivity index (χ1v) is 7.22. The van der Waals surface area contributed by atoms with E-state index in [9.17, 15) is 9.90 Å². The van der Waals surface area contributed by atoms with Gasteiger partial charge in [-0.15, -0.1) is 0 Å². The zero-order valence-electron chi connectivity index (χ0n) is 12.1. The largest absolute Gasteiger partial charge is 0.480 e. The first-order chi connectivity index (χ1) is 10.2. The number of aromatic nitrogens is 2. The molecule has 0 saturated carbocycles. The van der Waals surface area contributed by atoms with E-state index >= 15 is 0 Å². The van der Waals surface area contributed by atoms with Crippen molar-refractivity contribution in [3.8, 4) is 0 Å². The van der Waals surface area contributed by atoms with Crippen LogP contribution in [0.3, 0.4) is 0 Å². The van der Waals surface area contributed by atoms with Gasteiger partial charge in [0.15, 0.2) is 0 Å². The number of nitrogens with zero attached hydrogens (tertiary/aromatic N) is 3. The number of benzene rings is 1. The first kappa shape index (κ1) is 13.8. The Kier molecular flexibility index (Phi) is 3.75. The molecule has 0 amide bonds. The molecule has 2 heterocycles. The smallest absolute Gasteiger partial charge is 0.321 e. The van der Waals surface area contributed by atoms with Gasteiger partial charge in [0, 0.05) is 25.5 Å². The molecule has 0 spiro atoms. The van der Waals surface area contributed by atoms with Gasteiger partial charge in [-0.3, -0.25) is 9.69 Å². The average Bonchev–Trinajstić information content (AvgIpc) is 2.93. The number of imidazole rings is 1. The van der Waals surface area contributed by atoms with Crippen LogP contribution in [0.4, 0.5) is 0 Å². The second-order valence-electron chi connectivity index (χ2n) is 5.36. The molecular formula is C16H19N3O2. The van der Waals surface area contributed by atoms with E-state index in [0.29, 0.717) is 19.5 Å². The van der Waals surface area contributed by atoms with E-state index in [1.807, 2.05) is 29.3 Å². The summed E-state index contributed by atoms with van der Waals surface area (Å²) in [5.74, 6) is 0.155. The Morgan fingerprint density at radius 2 is 2.14 bits per heavy atom. The summed E-state index contributed by atoms with van der Waals surface area (Å²) in [6.07, 6.45) is 4.26. The number of carboxylic acids is 1. The van der Waals surface area contributed by atoms with Gasteiger partial charge in [-0.2, -0.15) is 0 Å². The number of rotatable bonds is 4. The third-order valence-electron chi connectivity index (χ3n) is 4.12. The maximum absolute atomic E-state index is 11.6. The lowest BCUT2D eigenvalue weighted by atomic mass is 9.94. The van der Waals surface area contributed by atoms with E-state index in [4.69, 9.17) is 0 Å². The van der Waals surface area contributed by atoms with E-state index in [0.717, 1.165) is 17.9 Å². The molecule has 0 bridgehead atoms. The molecule has 0 radical (unpaired) electrons. The van der Waals surface area contributed by atoms with Crippen LogP contribution in [0.1, 0.15) is 23.9 Å². The summed E-state index contributed by atoms with van der Waals surface area (Å²) in [6.45, 7) is 4.12. The van der Waals surface area contributed by atoms with Crippen molar-refractivity contribution in [3.63, 3.8) is 0 Å². The predicted molar refractivity (Wildman–Crippen MR) is 78.7 cm³/mol. The fraction of sp³-hybridized carbons (Fsp3) is 0.375. The van der Waals surface area contributed by atoms with E-state index in [1.54, 1.807) is 6.20 Å². The minimum absolute atomic E-state index is 0.484. The van der Waals surface area contributed by atoms with Crippen molar-refractivity contribution in [3.05, 3.63) is 53.6 Å². The fourth-order valence-electron chi connectivity index (χ4n) is 2.95. The fourth-order valence-corrected chi connectivity index (χ4v) is 2.95. The Balaban J connectivity index is 1.87. The number of hydrogen-bond acceptors (Lipinski definition) is 3. The molecule has 1 aliphatic heterocycles. The van der Waals surface area contributed by atoms with Crippen molar-refractivity contribution in [2.24, 2.45) is 0 Å².